The van der Waals surface area contributed by atoms with E-state index < -0.39 is 6.10 Å². The molecule has 1 heterocycles. The van der Waals surface area contributed by atoms with Crippen molar-refractivity contribution in [3.8, 4) is 5.75 Å². The van der Waals surface area contributed by atoms with Gasteiger partial charge in [-0.2, -0.15) is 0 Å². The number of carbonyl (C=O) groups excluding carboxylic acids is 1. The van der Waals surface area contributed by atoms with Crippen LogP contribution in [0.5, 0.6) is 5.75 Å². The van der Waals surface area contributed by atoms with E-state index in [1.54, 1.807) is 0 Å². The van der Waals surface area contributed by atoms with Crippen molar-refractivity contribution in [2.24, 2.45) is 5.73 Å². The van der Waals surface area contributed by atoms with Crippen molar-refractivity contribution < 1.29 is 9.53 Å². The van der Waals surface area contributed by atoms with Crippen molar-refractivity contribution in [2.45, 2.75) is 38.3 Å². The van der Waals surface area contributed by atoms with Gasteiger partial charge in [0.05, 0.1) is 0 Å². The van der Waals surface area contributed by atoms with Gasteiger partial charge in [0.2, 0.25) is 0 Å². The minimum Gasteiger partial charge on any atom is -0.480 e. The molecule has 1 saturated heterocycles. The fourth-order valence-corrected chi connectivity index (χ4v) is 2.14. The zero-order valence-corrected chi connectivity index (χ0v) is 10.7. The van der Waals surface area contributed by atoms with Crippen molar-refractivity contribution >= 4 is 5.91 Å². The van der Waals surface area contributed by atoms with Crippen LogP contribution in [0.15, 0.2) is 24.3 Å². The van der Waals surface area contributed by atoms with Gasteiger partial charge >= 0.3 is 0 Å². The number of ether oxygens (including phenoxy) is 1. The molecule has 1 fully saturated rings. The lowest BCUT2D eigenvalue weighted by Crippen LogP contribution is -2.36. The first kappa shape index (κ1) is 12.9. The lowest BCUT2D eigenvalue weighted by atomic mass is 10.1. The number of nitrogens with two attached hydrogens (primary N) is 1. The van der Waals surface area contributed by atoms with Gasteiger partial charge in [-0.1, -0.05) is 18.2 Å². The molecule has 1 aliphatic heterocycles. The van der Waals surface area contributed by atoms with Gasteiger partial charge < -0.3 is 15.8 Å². The van der Waals surface area contributed by atoms with E-state index in [4.69, 9.17) is 10.5 Å². The zero-order chi connectivity index (χ0) is 13.0. The molecule has 1 unspecified atom stereocenters. The van der Waals surface area contributed by atoms with Gasteiger partial charge in [-0.15, -0.1) is 0 Å². The molecule has 3 N–H and O–H groups in total. The van der Waals surface area contributed by atoms with Crippen molar-refractivity contribution in [1.82, 2.24) is 5.32 Å². The molecule has 4 heteroatoms. The molecule has 1 aliphatic rings. The highest BCUT2D eigenvalue weighted by Gasteiger charge is 2.23. The molecule has 0 aromatic heterocycles. The fourth-order valence-electron chi connectivity index (χ4n) is 2.14. The van der Waals surface area contributed by atoms with Gasteiger partial charge in [0.25, 0.3) is 5.91 Å². The third-order valence-electron chi connectivity index (χ3n) is 3.16. The number of para-hydroxylation sites is 1. The zero-order valence-electron chi connectivity index (χ0n) is 10.7. The molecule has 2 rings (SSSR count). The summed E-state index contributed by atoms with van der Waals surface area (Å²) < 4.78 is 5.85. The molecule has 0 saturated carbocycles. The molecule has 1 aromatic rings. The summed E-state index contributed by atoms with van der Waals surface area (Å²) in [5, 5.41) is 2.87. The summed E-state index contributed by atoms with van der Waals surface area (Å²) in [5.41, 5.74) is 6.84. The minimum absolute atomic E-state index is 0.0213. The maximum absolute atomic E-state index is 11.8. The Hall–Kier alpha value is -1.55. The van der Waals surface area contributed by atoms with E-state index in [0.717, 1.165) is 37.1 Å². The van der Waals surface area contributed by atoms with Crippen molar-refractivity contribution in [2.75, 3.05) is 6.54 Å². The maximum Gasteiger partial charge on any atom is 0.261 e. The van der Waals surface area contributed by atoms with Crippen LogP contribution in [0.25, 0.3) is 0 Å². The Morgan fingerprint density at radius 1 is 1.39 bits per heavy atom. The van der Waals surface area contributed by atoms with Crippen LogP contribution < -0.4 is 15.8 Å². The Morgan fingerprint density at radius 3 is 2.94 bits per heavy atom. The summed E-state index contributed by atoms with van der Waals surface area (Å²) in [6, 6.07) is 7.54. The summed E-state index contributed by atoms with van der Waals surface area (Å²) in [4.78, 5) is 11.8. The Labute approximate surface area is 108 Å². The third kappa shape index (κ3) is 3.01. The van der Waals surface area contributed by atoms with Crippen LogP contribution in [0.1, 0.15) is 37.8 Å². The molecule has 4 nitrogen and oxygen atoms in total. The molecule has 18 heavy (non-hydrogen) atoms. The Kier molecular flexibility index (Phi) is 4.20. The Bertz CT molecular complexity index is 418. The first-order chi connectivity index (χ1) is 8.68. The van der Waals surface area contributed by atoms with Crippen LogP contribution >= 0.6 is 0 Å². The average Bonchev–Trinajstić information content (AvgIpc) is 2.55. The molecule has 0 bridgehead atoms. The van der Waals surface area contributed by atoms with Gasteiger partial charge in [0.15, 0.2) is 6.10 Å². The number of rotatable bonds is 3. The smallest absolute Gasteiger partial charge is 0.261 e. The lowest BCUT2D eigenvalue weighted by Gasteiger charge is -2.19. The first-order valence-corrected chi connectivity index (χ1v) is 6.47. The van der Waals surface area contributed by atoms with Gasteiger partial charge in [-0.3, -0.25) is 4.79 Å². The van der Waals surface area contributed by atoms with E-state index in [-0.39, 0.29) is 11.9 Å². The summed E-state index contributed by atoms with van der Waals surface area (Å²) >= 11 is 0. The Morgan fingerprint density at radius 2 is 2.17 bits per heavy atom. The fraction of sp³-hybridized carbons (Fsp3) is 0.500. The Balaban J connectivity index is 2.15. The maximum atomic E-state index is 11.8. The van der Waals surface area contributed by atoms with E-state index in [9.17, 15) is 4.79 Å². The third-order valence-corrected chi connectivity index (χ3v) is 3.16. The molecule has 0 aliphatic carbocycles. The van der Waals surface area contributed by atoms with Gasteiger partial charge in [-0.25, -0.2) is 0 Å². The largest absolute Gasteiger partial charge is 0.480 e. The van der Waals surface area contributed by atoms with E-state index in [1.165, 1.54) is 0 Å². The molecule has 0 radical (unpaired) electrons. The number of amides is 1. The standard InChI is InChI=1S/C14H20N2O2/c1-10(15)11-6-2-3-7-12(11)18-13-8-4-5-9-16-14(13)17/h2-3,6-7,10,13H,4-5,8-9,15H2,1H3,(H,16,17)/t10-,13?/m1/s1. The van der Waals surface area contributed by atoms with Gasteiger partial charge in [0.1, 0.15) is 5.75 Å². The molecule has 2 atom stereocenters. The van der Waals surface area contributed by atoms with E-state index in [1.807, 2.05) is 31.2 Å². The highest BCUT2D eigenvalue weighted by molar-refractivity contribution is 5.81. The second-order valence-corrected chi connectivity index (χ2v) is 4.72. The molecule has 1 amide bonds. The SMILES string of the molecule is C[C@@H](N)c1ccccc1OC1CCCCNC1=O. The van der Waals surface area contributed by atoms with Crippen LogP contribution in [-0.4, -0.2) is 18.6 Å². The second kappa shape index (κ2) is 5.87. The minimum atomic E-state index is -0.396. The number of carbonyl (C=O) groups is 1. The highest BCUT2D eigenvalue weighted by atomic mass is 16.5. The number of benzene rings is 1. The second-order valence-electron chi connectivity index (χ2n) is 4.72. The van der Waals surface area contributed by atoms with E-state index in [0.29, 0.717) is 0 Å². The van der Waals surface area contributed by atoms with Crippen molar-refractivity contribution in [1.29, 1.82) is 0 Å². The molecular formula is C14H20N2O2. The predicted octanol–water partition coefficient (Wildman–Crippen LogP) is 1.75. The van der Waals surface area contributed by atoms with E-state index in [2.05, 4.69) is 5.32 Å². The summed E-state index contributed by atoms with van der Waals surface area (Å²) in [5.74, 6) is 0.696. The number of hydrogen-bond donors (Lipinski definition) is 2. The van der Waals surface area contributed by atoms with Gasteiger partial charge in [-0.05, 0) is 32.3 Å². The predicted molar refractivity (Wildman–Crippen MR) is 70.3 cm³/mol. The highest BCUT2D eigenvalue weighted by Crippen LogP contribution is 2.25. The first-order valence-electron chi connectivity index (χ1n) is 6.47. The molecule has 98 valence electrons. The van der Waals surface area contributed by atoms with Crippen LogP contribution in [0.2, 0.25) is 0 Å². The lowest BCUT2D eigenvalue weighted by molar-refractivity contribution is -0.127. The van der Waals surface area contributed by atoms with Crippen LogP contribution in [-0.2, 0) is 4.79 Å². The van der Waals surface area contributed by atoms with Crippen LogP contribution in [0, 0.1) is 0 Å². The summed E-state index contributed by atoms with van der Waals surface area (Å²) in [6.07, 6.45) is 2.39. The molecular weight excluding hydrogens is 228 g/mol. The van der Waals surface area contributed by atoms with Crippen LogP contribution in [0.4, 0.5) is 0 Å². The number of hydrogen-bond acceptors (Lipinski definition) is 3. The number of nitrogens with one attached hydrogen (secondary N) is 1. The quantitative estimate of drug-likeness (QED) is 0.856. The average molecular weight is 248 g/mol. The van der Waals surface area contributed by atoms with Gasteiger partial charge in [0, 0.05) is 18.2 Å². The monoisotopic (exact) mass is 248 g/mol. The summed E-state index contributed by atoms with van der Waals surface area (Å²) in [7, 11) is 0. The van der Waals surface area contributed by atoms with Crippen molar-refractivity contribution in [3.05, 3.63) is 29.8 Å². The molecule has 0 spiro atoms. The topological polar surface area (TPSA) is 64.3 Å². The van der Waals surface area contributed by atoms with Crippen molar-refractivity contribution in [3.63, 3.8) is 0 Å². The molecule has 1 aromatic carbocycles. The van der Waals surface area contributed by atoms with Crippen LogP contribution in [0.3, 0.4) is 0 Å². The normalized spacial score (nSPS) is 21.9. The summed E-state index contributed by atoms with van der Waals surface area (Å²) in [6.45, 7) is 2.66. The van der Waals surface area contributed by atoms with E-state index >= 15 is 0 Å².